The van der Waals surface area contributed by atoms with Gasteiger partial charge in [0.25, 0.3) is 22.2 Å². The molecule has 10 aromatic heterocycles. The summed E-state index contributed by atoms with van der Waals surface area (Å²) >= 11 is 0. The van der Waals surface area contributed by atoms with Crippen molar-refractivity contribution in [2.45, 2.75) is 0 Å². The number of hydrogen-bond donors (Lipinski definition) is 6. The van der Waals surface area contributed by atoms with Gasteiger partial charge in [0, 0.05) is 35.2 Å². The van der Waals surface area contributed by atoms with Gasteiger partial charge in [0.1, 0.15) is 11.2 Å². The van der Waals surface area contributed by atoms with Gasteiger partial charge in [0.05, 0.1) is 44.2 Å². The van der Waals surface area contributed by atoms with Crippen LogP contribution in [0.2, 0.25) is 0 Å². The van der Waals surface area contributed by atoms with Crippen LogP contribution < -0.4 is 33.7 Å². The van der Waals surface area contributed by atoms with Gasteiger partial charge in [-0.2, -0.15) is 4.98 Å². The average Bonchev–Trinajstić information content (AvgIpc) is 4.01. The minimum atomic E-state index is -0.346. The molecule has 0 aliphatic heterocycles. The Kier molecular flexibility index (Phi) is 10.3. The lowest BCUT2D eigenvalue weighted by Crippen LogP contribution is -2.10. The number of nitrogens with two attached hydrogens (primary N) is 1. The van der Waals surface area contributed by atoms with Crippen LogP contribution in [0.5, 0.6) is 0 Å². The molecule has 0 bridgehead atoms. The maximum atomic E-state index is 11.1. The molecule has 0 fully saturated rings. The Morgan fingerprint density at radius 1 is 0.571 bits per heavy atom. The number of aromatic amines is 5. The number of aryl methyl sites for hydroxylation is 5. The third-order valence-corrected chi connectivity index (χ3v) is 7.51. The van der Waals surface area contributed by atoms with Gasteiger partial charge in [0.15, 0.2) is 44.7 Å². The van der Waals surface area contributed by atoms with Gasteiger partial charge < -0.3 is 34.4 Å². The van der Waals surface area contributed by atoms with Crippen molar-refractivity contribution in [2.24, 2.45) is 35.2 Å². The predicted molar refractivity (Wildman–Crippen MR) is 196 cm³/mol. The molecule has 0 saturated carbocycles. The van der Waals surface area contributed by atoms with Gasteiger partial charge in [-0.1, -0.05) is 10.4 Å². The summed E-state index contributed by atoms with van der Waals surface area (Å²) in [7, 11) is 8.75. The fraction of sp³-hybridized carbons (Fsp3) is 0.179. The molecule has 0 aromatic carbocycles. The van der Waals surface area contributed by atoms with Crippen molar-refractivity contribution in [3.05, 3.63) is 96.1 Å². The topological polar surface area (TPSA) is 370 Å². The number of nitrogen functional groups attached to an aromatic ring is 1. The van der Waals surface area contributed by atoms with E-state index in [1.165, 1.54) is 36.2 Å². The third kappa shape index (κ3) is 7.62. The van der Waals surface area contributed by atoms with Crippen molar-refractivity contribution in [3.8, 4) is 0 Å². The predicted octanol–water partition coefficient (Wildman–Crippen LogP) is -3.34. The Bertz CT molecular complexity index is 3050. The van der Waals surface area contributed by atoms with E-state index in [-0.39, 0.29) is 44.9 Å². The molecule has 0 saturated heterocycles. The van der Waals surface area contributed by atoms with E-state index < -0.39 is 0 Å². The fourth-order valence-corrected chi connectivity index (χ4v) is 4.67. The second-order valence-electron chi connectivity index (χ2n) is 11.3. The summed E-state index contributed by atoms with van der Waals surface area (Å²) in [5.74, 6) is 0.286. The number of nitrogens with one attached hydrogen (secondary N) is 5. The first-order chi connectivity index (χ1) is 26.8. The Hall–Kier alpha value is -8.59. The maximum Gasteiger partial charge on any atom is 0.346 e. The number of fused-ring (bicyclic) bond motifs is 5. The number of nitrogens with zero attached hydrogens (tertiary/aromatic N) is 17. The van der Waals surface area contributed by atoms with Gasteiger partial charge in [-0.15, -0.1) is 10.2 Å². The Morgan fingerprint density at radius 2 is 1.14 bits per heavy atom. The lowest BCUT2D eigenvalue weighted by molar-refractivity contribution is 0.729. The van der Waals surface area contributed by atoms with E-state index in [0.717, 1.165) is 0 Å². The first kappa shape index (κ1) is 37.2. The van der Waals surface area contributed by atoms with Gasteiger partial charge in [-0.25, -0.2) is 49.5 Å². The molecule has 0 spiro atoms. The van der Waals surface area contributed by atoms with E-state index in [1.54, 1.807) is 59.1 Å². The molecule has 10 heterocycles. The summed E-state index contributed by atoms with van der Waals surface area (Å²) in [4.78, 5) is 95.5. The molecule has 0 aliphatic carbocycles. The highest BCUT2D eigenvalue weighted by Gasteiger charge is 2.08. The largest absolute Gasteiger partial charge is 0.369 e. The summed E-state index contributed by atoms with van der Waals surface area (Å²) in [6.07, 6.45) is 10.2. The number of anilines is 1. The zero-order valence-corrected chi connectivity index (χ0v) is 29.8. The molecule has 10 rings (SSSR count). The Balaban J connectivity index is 0.000000119. The van der Waals surface area contributed by atoms with Crippen LogP contribution in [-0.2, 0) is 35.2 Å². The van der Waals surface area contributed by atoms with Crippen LogP contribution in [0.1, 0.15) is 0 Å². The van der Waals surface area contributed by atoms with Crippen LogP contribution in [-0.4, -0.2) is 108 Å². The van der Waals surface area contributed by atoms with E-state index in [0.29, 0.717) is 44.8 Å². The number of imidazole rings is 4. The van der Waals surface area contributed by atoms with Crippen molar-refractivity contribution >= 4 is 61.8 Å². The van der Waals surface area contributed by atoms with Crippen LogP contribution in [0.15, 0.2) is 68.1 Å². The highest BCUT2D eigenvalue weighted by Crippen LogP contribution is 2.07. The molecular formula is C28H29N23O5. The molecule has 7 N–H and O–H groups in total. The summed E-state index contributed by atoms with van der Waals surface area (Å²) in [6.45, 7) is 0. The molecule has 0 amide bonds. The third-order valence-electron chi connectivity index (χ3n) is 7.51. The average molecular weight is 768 g/mol. The molecule has 28 nitrogen and oxygen atoms in total. The monoisotopic (exact) mass is 767 g/mol. The van der Waals surface area contributed by atoms with Gasteiger partial charge in [0.2, 0.25) is 5.95 Å². The SMILES string of the molecule is Cn1c(N)nc2c(=O)[nH]cnc21.Cn1cnc2c(=O)[nH]cnc21.Cn1cnc2c(=O)[nH]nnc21.Cn1cnc2cnc(=O)[nH]c21.Cn1nnc2c(=O)[nH]cnc21. The van der Waals surface area contributed by atoms with Crippen LogP contribution in [0.25, 0.3) is 55.8 Å². The summed E-state index contributed by atoms with van der Waals surface area (Å²) in [5.41, 5.74) is 8.84. The summed E-state index contributed by atoms with van der Waals surface area (Å²) in [6, 6.07) is 0. The number of H-pyrrole nitrogens is 5. The zero-order chi connectivity index (χ0) is 40.1. The van der Waals surface area contributed by atoms with E-state index in [2.05, 4.69) is 85.5 Å². The minimum absolute atomic E-state index is 0.199. The first-order valence-electron chi connectivity index (χ1n) is 15.7. The van der Waals surface area contributed by atoms with Crippen LogP contribution in [0, 0.1) is 0 Å². The summed E-state index contributed by atoms with van der Waals surface area (Å²) in [5, 5.41) is 16.6. The molecule has 0 unspecified atom stereocenters. The van der Waals surface area contributed by atoms with E-state index in [9.17, 15) is 24.0 Å². The lowest BCUT2D eigenvalue weighted by Gasteiger charge is -1.92. The van der Waals surface area contributed by atoms with Crippen molar-refractivity contribution < 1.29 is 0 Å². The van der Waals surface area contributed by atoms with Crippen molar-refractivity contribution in [1.29, 1.82) is 0 Å². The van der Waals surface area contributed by atoms with E-state index in [1.807, 2.05) is 7.05 Å². The molecule has 0 radical (unpaired) electrons. The van der Waals surface area contributed by atoms with Crippen LogP contribution in [0.3, 0.4) is 0 Å². The first-order valence-corrected chi connectivity index (χ1v) is 15.7. The summed E-state index contributed by atoms with van der Waals surface area (Å²) < 4.78 is 8.08. The fourth-order valence-electron chi connectivity index (χ4n) is 4.67. The molecule has 28 heteroatoms. The van der Waals surface area contributed by atoms with E-state index in [4.69, 9.17) is 5.73 Å². The van der Waals surface area contributed by atoms with E-state index >= 15 is 0 Å². The number of rotatable bonds is 0. The second-order valence-corrected chi connectivity index (χ2v) is 11.3. The number of hydrogen-bond acceptors (Lipinski definition) is 18. The quantitative estimate of drug-likeness (QED) is 0.0878. The highest BCUT2D eigenvalue weighted by atomic mass is 16.1. The Labute approximate surface area is 307 Å². The molecule has 10 aromatic rings. The normalized spacial score (nSPS) is 10.7. The van der Waals surface area contributed by atoms with Crippen LogP contribution in [0.4, 0.5) is 5.95 Å². The highest BCUT2D eigenvalue weighted by molar-refractivity contribution is 5.72. The second kappa shape index (κ2) is 15.6. The molecule has 56 heavy (non-hydrogen) atoms. The minimum Gasteiger partial charge on any atom is -0.369 e. The zero-order valence-electron chi connectivity index (χ0n) is 29.8. The maximum absolute atomic E-state index is 11.1. The lowest BCUT2D eigenvalue weighted by atomic mass is 10.5. The van der Waals surface area contributed by atoms with Crippen molar-refractivity contribution in [2.75, 3.05) is 5.73 Å². The standard InChI is InChI=1S/C6H7N5O.2C6H6N4O.2C5H5N5O/c1-11-4-3(10-6(11)7)5(12)9-2-8-4;1-10-3-9-4-5(10)7-2-8-6(4)11;1-10-3-8-4-2-7-6(11)9-5(4)10;1-10-4-3(8-9-10)5(11)7-2-6-4;1-10-2-6-3-4(10)7-9-8-5(3)11/h2H,1H3,(H2,7,10)(H,8,9,12);2-3H,1H3,(H,7,8,11);2-3H,1H3,(H,7,9,11);2H,1H3,(H,6,7,11);2H,1H3,(H,7,8,11). The molecule has 0 atom stereocenters. The Morgan fingerprint density at radius 3 is 1.77 bits per heavy atom. The van der Waals surface area contributed by atoms with Crippen molar-refractivity contribution in [1.82, 2.24) is 108 Å². The number of aromatic nitrogens is 22. The molecule has 0 aliphatic rings. The van der Waals surface area contributed by atoms with Crippen LogP contribution >= 0.6 is 0 Å². The van der Waals surface area contributed by atoms with Gasteiger partial charge in [-0.3, -0.25) is 28.7 Å². The van der Waals surface area contributed by atoms with Gasteiger partial charge >= 0.3 is 5.69 Å². The smallest absolute Gasteiger partial charge is 0.346 e. The molecule has 286 valence electrons. The van der Waals surface area contributed by atoms with Gasteiger partial charge in [-0.05, 0) is 0 Å². The molecular weight excluding hydrogens is 738 g/mol. The van der Waals surface area contributed by atoms with Crippen molar-refractivity contribution in [3.63, 3.8) is 0 Å².